The smallest absolute Gasteiger partial charge is 0.182 e. The number of aliphatic hydroxyl groups is 2. The van der Waals surface area contributed by atoms with Gasteiger partial charge in [-0.15, -0.1) is 0 Å². The Morgan fingerprint density at radius 3 is 2.70 bits per heavy atom. The van der Waals surface area contributed by atoms with Crippen LogP contribution >= 0.6 is 0 Å². The van der Waals surface area contributed by atoms with Crippen LogP contribution in [0.3, 0.4) is 0 Å². The molecule has 1 rings (SSSR count). The summed E-state index contributed by atoms with van der Waals surface area (Å²) in [5, 5.41) is 18.1. The fourth-order valence-corrected chi connectivity index (χ4v) is 0.868. The number of aliphatic hydroxyl groups excluding tert-OH is 2. The number of hydrogen-bond acceptors (Lipinski definition) is 4. The molecule has 0 saturated heterocycles. The molecule has 1 aliphatic rings. The summed E-state index contributed by atoms with van der Waals surface area (Å²) in [6.45, 7) is 1.65. The Hall–Kier alpha value is -0.740. The normalized spacial score (nSPS) is 40.3. The lowest BCUT2D eigenvalue weighted by Gasteiger charge is -2.27. The maximum absolute atomic E-state index is 9.09. The predicted octanol–water partition coefficient (Wildman–Crippen LogP) is -1.07. The molecule has 4 heteroatoms. The molecule has 0 spiro atoms. The largest absolute Gasteiger partial charge is 0.474 e. The SMILES string of the molecule is CC1OC(N)=CC(O)C1O. The molecule has 3 unspecified atom stereocenters. The lowest BCUT2D eigenvalue weighted by atomic mass is 10.1. The summed E-state index contributed by atoms with van der Waals surface area (Å²) in [7, 11) is 0. The van der Waals surface area contributed by atoms with Gasteiger partial charge in [0.15, 0.2) is 5.88 Å². The molecule has 1 heterocycles. The lowest BCUT2D eigenvalue weighted by Crippen LogP contribution is -2.41. The second-order valence-corrected chi connectivity index (χ2v) is 2.37. The van der Waals surface area contributed by atoms with Gasteiger partial charge in [0.05, 0.1) is 0 Å². The summed E-state index contributed by atoms with van der Waals surface area (Å²) in [4.78, 5) is 0. The first kappa shape index (κ1) is 7.37. The van der Waals surface area contributed by atoms with Gasteiger partial charge >= 0.3 is 0 Å². The van der Waals surface area contributed by atoms with Crippen LogP contribution in [-0.4, -0.2) is 28.5 Å². The summed E-state index contributed by atoms with van der Waals surface area (Å²) in [6.07, 6.45) is -0.916. The molecule has 1 aliphatic heterocycles. The van der Waals surface area contributed by atoms with E-state index in [-0.39, 0.29) is 5.88 Å². The molecule has 0 aromatic rings. The van der Waals surface area contributed by atoms with E-state index in [2.05, 4.69) is 0 Å². The Morgan fingerprint density at radius 2 is 2.20 bits per heavy atom. The molecule has 0 amide bonds. The van der Waals surface area contributed by atoms with Crippen LogP contribution in [0, 0.1) is 0 Å². The van der Waals surface area contributed by atoms with Crippen molar-refractivity contribution < 1.29 is 14.9 Å². The molecule has 58 valence electrons. The molecule has 10 heavy (non-hydrogen) atoms. The first-order valence-electron chi connectivity index (χ1n) is 3.11. The summed E-state index contributed by atoms with van der Waals surface area (Å²) in [5.41, 5.74) is 5.25. The number of ether oxygens (including phenoxy) is 1. The standard InChI is InChI=1S/C6H11NO3/c1-3-6(9)4(8)2-5(7)10-3/h2-4,6,8-9H,7H2,1H3. The Balaban J connectivity index is 2.69. The van der Waals surface area contributed by atoms with Crippen molar-refractivity contribution in [1.82, 2.24) is 0 Å². The minimum absolute atomic E-state index is 0.172. The van der Waals surface area contributed by atoms with Crippen LogP contribution in [0.2, 0.25) is 0 Å². The summed E-state index contributed by atoms with van der Waals surface area (Å²) in [5.74, 6) is 0.172. The van der Waals surface area contributed by atoms with E-state index in [0.717, 1.165) is 0 Å². The summed E-state index contributed by atoms with van der Waals surface area (Å²) >= 11 is 0. The first-order chi connectivity index (χ1) is 4.61. The average molecular weight is 145 g/mol. The van der Waals surface area contributed by atoms with Crippen molar-refractivity contribution in [2.45, 2.75) is 25.2 Å². The van der Waals surface area contributed by atoms with E-state index in [1.165, 1.54) is 6.08 Å². The molecule has 3 atom stereocenters. The van der Waals surface area contributed by atoms with Crippen LogP contribution in [0.15, 0.2) is 12.0 Å². The molecule has 4 N–H and O–H groups in total. The highest BCUT2D eigenvalue weighted by Crippen LogP contribution is 2.13. The van der Waals surface area contributed by atoms with Crippen molar-refractivity contribution in [3.8, 4) is 0 Å². The summed E-state index contributed by atoms with van der Waals surface area (Å²) in [6, 6.07) is 0. The molecule has 0 radical (unpaired) electrons. The quantitative estimate of drug-likeness (QED) is 0.405. The van der Waals surface area contributed by atoms with Gasteiger partial charge in [-0.3, -0.25) is 0 Å². The zero-order valence-electron chi connectivity index (χ0n) is 5.69. The van der Waals surface area contributed by atoms with E-state index in [4.69, 9.17) is 20.7 Å². The topological polar surface area (TPSA) is 75.7 Å². The first-order valence-corrected chi connectivity index (χ1v) is 3.11. The third-order valence-electron chi connectivity index (χ3n) is 1.49. The minimum Gasteiger partial charge on any atom is -0.474 e. The van der Waals surface area contributed by atoms with E-state index < -0.39 is 18.3 Å². The minimum atomic E-state index is -0.899. The van der Waals surface area contributed by atoms with Gasteiger partial charge < -0.3 is 20.7 Å². The van der Waals surface area contributed by atoms with Crippen molar-refractivity contribution in [2.24, 2.45) is 5.73 Å². The highest BCUT2D eigenvalue weighted by Gasteiger charge is 2.27. The Bertz CT molecular complexity index is 157. The fourth-order valence-electron chi connectivity index (χ4n) is 0.868. The molecular weight excluding hydrogens is 134 g/mol. The van der Waals surface area contributed by atoms with E-state index in [1.807, 2.05) is 0 Å². The highest BCUT2D eigenvalue weighted by molar-refractivity contribution is 5.02. The van der Waals surface area contributed by atoms with E-state index >= 15 is 0 Å². The molecule has 4 nitrogen and oxygen atoms in total. The van der Waals surface area contributed by atoms with Crippen molar-refractivity contribution in [3.63, 3.8) is 0 Å². The highest BCUT2D eigenvalue weighted by atomic mass is 16.5. The Kier molecular flexibility index (Phi) is 1.82. The van der Waals surface area contributed by atoms with Crippen LogP contribution in [0.25, 0.3) is 0 Å². The molecule has 0 fully saturated rings. The van der Waals surface area contributed by atoms with Crippen LogP contribution in [-0.2, 0) is 4.74 Å². The van der Waals surface area contributed by atoms with Gasteiger partial charge in [-0.2, -0.15) is 0 Å². The van der Waals surface area contributed by atoms with Crippen molar-refractivity contribution in [2.75, 3.05) is 0 Å². The molecule has 0 aliphatic carbocycles. The van der Waals surface area contributed by atoms with Gasteiger partial charge in [0.2, 0.25) is 0 Å². The van der Waals surface area contributed by atoms with Gasteiger partial charge in [-0.1, -0.05) is 0 Å². The predicted molar refractivity (Wildman–Crippen MR) is 34.8 cm³/mol. The second kappa shape index (κ2) is 2.48. The molecule has 0 aromatic heterocycles. The van der Waals surface area contributed by atoms with Gasteiger partial charge in [-0.25, -0.2) is 0 Å². The number of nitrogens with two attached hydrogens (primary N) is 1. The van der Waals surface area contributed by atoms with E-state index in [0.29, 0.717) is 0 Å². The van der Waals surface area contributed by atoms with Gasteiger partial charge in [-0.05, 0) is 6.92 Å². The zero-order chi connectivity index (χ0) is 7.72. The van der Waals surface area contributed by atoms with Gasteiger partial charge in [0.25, 0.3) is 0 Å². The van der Waals surface area contributed by atoms with E-state index in [9.17, 15) is 0 Å². The molecular formula is C6H11NO3. The van der Waals surface area contributed by atoms with Gasteiger partial charge in [0, 0.05) is 6.08 Å². The fraction of sp³-hybridized carbons (Fsp3) is 0.667. The van der Waals surface area contributed by atoms with Gasteiger partial charge in [0.1, 0.15) is 18.3 Å². The maximum Gasteiger partial charge on any atom is 0.182 e. The third-order valence-corrected chi connectivity index (χ3v) is 1.49. The van der Waals surface area contributed by atoms with Crippen LogP contribution < -0.4 is 5.73 Å². The van der Waals surface area contributed by atoms with Crippen molar-refractivity contribution >= 4 is 0 Å². The molecule has 0 aromatic carbocycles. The summed E-state index contributed by atoms with van der Waals surface area (Å²) < 4.78 is 4.90. The monoisotopic (exact) mass is 145 g/mol. The van der Waals surface area contributed by atoms with Crippen LogP contribution in [0.1, 0.15) is 6.92 Å². The average Bonchev–Trinajstić information content (AvgIpc) is 1.82. The number of rotatable bonds is 0. The lowest BCUT2D eigenvalue weighted by molar-refractivity contribution is -0.0653. The van der Waals surface area contributed by atoms with Crippen molar-refractivity contribution in [1.29, 1.82) is 0 Å². The van der Waals surface area contributed by atoms with Crippen LogP contribution in [0.5, 0.6) is 0 Å². The number of hydrogen-bond donors (Lipinski definition) is 3. The maximum atomic E-state index is 9.09. The second-order valence-electron chi connectivity index (χ2n) is 2.37. The Morgan fingerprint density at radius 1 is 1.60 bits per heavy atom. The zero-order valence-corrected chi connectivity index (χ0v) is 5.69. The van der Waals surface area contributed by atoms with Crippen LogP contribution in [0.4, 0.5) is 0 Å². The molecule has 0 bridgehead atoms. The van der Waals surface area contributed by atoms with Crippen molar-refractivity contribution in [3.05, 3.63) is 12.0 Å². The van der Waals surface area contributed by atoms with E-state index in [1.54, 1.807) is 6.92 Å². The Labute approximate surface area is 58.9 Å². The third kappa shape index (κ3) is 1.22. The molecule has 0 saturated carbocycles.